The molecule has 2 aromatic carbocycles. The van der Waals surface area contributed by atoms with Gasteiger partial charge >= 0.3 is 0 Å². The van der Waals surface area contributed by atoms with Crippen molar-refractivity contribution in [1.82, 2.24) is 15.2 Å². The minimum absolute atomic E-state index is 0.0822. The van der Waals surface area contributed by atoms with Crippen molar-refractivity contribution in [2.24, 2.45) is 5.92 Å². The second-order valence-corrected chi connectivity index (χ2v) is 9.97. The molecule has 1 aliphatic carbocycles. The summed E-state index contributed by atoms with van der Waals surface area (Å²) < 4.78 is 16.9. The number of aromatic nitrogens is 1. The quantitative estimate of drug-likeness (QED) is 0.354. The largest absolute Gasteiger partial charge is 0.484 e. The van der Waals surface area contributed by atoms with E-state index in [9.17, 15) is 9.59 Å². The number of hydrogen-bond donors (Lipinski definition) is 1. The number of aryl methyl sites for hydroxylation is 1. The van der Waals surface area contributed by atoms with Crippen LogP contribution in [-0.4, -0.2) is 34.8 Å². The molecule has 1 unspecified atom stereocenters. The Labute approximate surface area is 220 Å². The average Bonchev–Trinajstić information content (AvgIpc) is 3.37. The predicted octanol–water partition coefficient (Wildman–Crippen LogP) is 5.08. The molecule has 4 aromatic rings. The standard InChI is InChI=1S/C30H29N3O5/c1-19-4-2-5-22(14-19)28-24-15-23(10-9-21(24)11-12-33(28)30(35)26-6-3-13-36-26)37-18-27-32-25(17-38-27)29(34)31-16-20-7-8-20/h2-6,9-10,13-15,17,20,28H,7-8,11-12,16,18H2,1H3,(H,31,34). The van der Waals surface area contributed by atoms with Gasteiger partial charge in [-0.05, 0) is 73.1 Å². The second-order valence-electron chi connectivity index (χ2n) is 9.97. The van der Waals surface area contributed by atoms with Gasteiger partial charge in [-0.1, -0.05) is 35.9 Å². The summed E-state index contributed by atoms with van der Waals surface area (Å²) in [4.78, 5) is 31.8. The number of rotatable bonds is 8. The molecule has 1 N–H and O–H groups in total. The maximum atomic E-state index is 13.4. The molecule has 2 aromatic heterocycles. The van der Waals surface area contributed by atoms with E-state index in [1.807, 2.05) is 42.2 Å². The Morgan fingerprint density at radius 3 is 2.79 bits per heavy atom. The zero-order valence-corrected chi connectivity index (χ0v) is 21.2. The van der Waals surface area contributed by atoms with E-state index in [1.165, 1.54) is 25.4 Å². The van der Waals surface area contributed by atoms with Crippen LogP contribution < -0.4 is 10.1 Å². The highest BCUT2D eigenvalue weighted by Crippen LogP contribution is 2.38. The molecule has 1 atom stereocenters. The number of ether oxygens (including phenoxy) is 1. The Morgan fingerprint density at radius 2 is 2.00 bits per heavy atom. The normalized spacial score (nSPS) is 16.7. The summed E-state index contributed by atoms with van der Waals surface area (Å²) in [5, 5.41) is 2.89. The van der Waals surface area contributed by atoms with Crippen LogP contribution in [0.1, 0.15) is 68.1 Å². The topological polar surface area (TPSA) is 97.8 Å². The summed E-state index contributed by atoms with van der Waals surface area (Å²) in [6.07, 6.45) is 5.93. The fourth-order valence-electron chi connectivity index (χ4n) is 4.92. The first-order valence-corrected chi connectivity index (χ1v) is 12.9. The molecule has 2 aliphatic rings. The number of carbonyl (C=O) groups is 2. The van der Waals surface area contributed by atoms with Gasteiger partial charge in [-0.15, -0.1) is 0 Å². The summed E-state index contributed by atoms with van der Waals surface area (Å²) in [6.45, 7) is 3.38. The van der Waals surface area contributed by atoms with Gasteiger partial charge in [0.2, 0.25) is 5.89 Å². The molecule has 8 nitrogen and oxygen atoms in total. The molecule has 38 heavy (non-hydrogen) atoms. The van der Waals surface area contributed by atoms with Crippen molar-refractivity contribution in [2.75, 3.05) is 13.1 Å². The fraction of sp³-hybridized carbons (Fsp3) is 0.300. The molecule has 0 spiro atoms. The van der Waals surface area contributed by atoms with Crippen LogP contribution >= 0.6 is 0 Å². The van der Waals surface area contributed by atoms with Gasteiger partial charge in [0.25, 0.3) is 11.8 Å². The third-order valence-electron chi connectivity index (χ3n) is 7.09. The van der Waals surface area contributed by atoms with Gasteiger partial charge < -0.3 is 23.8 Å². The van der Waals surface area contributed by atoms with Crippen LogP contribution in [0.25, 0.3) is 0 Å². The summed E-state index contributed by atoms with van der Waals surface area (Å²) >= 11 is 0. The van der Waals surface area contributed by atoms with Gasteiger partial charge in [-0.25, -0.2) is 4.98 Å². The molecular formula is C30H29N3O5. The van der Waals surface area contributed by atoms with Crippen LogP contribution in [0.5, 0.6) is 5.75 Å². The minimum Gasteiger partial charge on any atom is -0.484 e. The van der Waals surface area contributed by atoms with E-state index in [-0.39, 0.29) is 30.2 Å². The Bertz CT molecular complexity index is 1450. The number of oxazole rings is 1. The molecule has 3 heterocycles. The van der Waals surface area contributed by atoms with Crippen molar-refractivity contribution in [3.05, 3.63) is 107 Å². The van der Waals surface area contributed by atoms with Crippen molar-refractivity contribution >= 4 is 11.8 Å². The van der Waals surface area contributed by atoms with Gasteiger partial charge in [-0.3, -0.25) is 9.59 Å². The first kappa shape index (κ1) is 24.0. The Balaban J connectivity index is 1.23. The molecule has 2 amide bonds. The summed E-state index contributed by atoms with van der Waals surface area (Å²) in [5.74, 6) is 1.48. The number of carbonyl (C=O) groups excluding carboxylic acids is 2. The van der Waals surface area contributed by atoms with Crippen molar-refractivity contribution in [1.29, 1.82) is 0 Å². The van der Waals surface area contributed by atoms with E-state index < -0.39 is 0 Å². The lowest BCUT2D eigenvalue weighted by Gasteiger charge is -2.37. The summed E-state index contributed by atoms with van der Waals surface area (Å²) in [5.41, 5.74) is 4.57. The van der Waals surface area contributed by atoms with E-state index in [1.54, 1.807) is 12.1 Å². The zero-order valence-electron chi connectivity index (χ0n) is 21.2. The van der Waals surface area contributed by atoms with E-state index in [2.05, 4.69) is 22.4 Å². The van der Waals surface area contributed by atoms with E-state index in [0.29, 0.717) is 36.4 Å². The SMILES string of the molecule is Cc1cccc(C2c3cc(OCc4nc(C(=O)NCC5CC5)co4)ccc3CCN2C(=O)c2ccco2)c1. The Hall–Kier alpha value is -4.33. The van der Waals surface area contributed by atoms with Crippen LogP contribution in [0.2, 0.25) is 0 Å². The molecule has 1 fully saturated rings. The highest BCUT2D eigenvalue weighted by atomic mass is 16.5. The molecular weight excluding hydrogens is 482 g/mol. The number of hydrogen-bond acceptors (Lipinski definition) is 6. The molecule has 0 saturated heterocycles. The number of furan rings is 1. The third kappa shape index (κ3) is 5.07. The maximum Gasteiger partial charge on any atom is 0.290 e. The minimum atomic E-state index is -0.289. The molecule has 194 valence electrons. The van der Waals surface area contributed by atoms with Crippen molar-refractivity contribution in [3.63, 3.8) is 0 Å². The monoisotopic (exact) mass is 511 g/mol. The van der Waals surface area contributed by atoms with Crippen LogP contribution in [0.4, 0.5) is 0 Å². The lowest BCUT2D eigenvalue weighted by atomic mass is 9.87. The molecule has 1 aliphatic heterocycles. The number of benzene rings is 2. The summed E-state index contributed by atoms with van der Waals surface area (Å²) in [6, 6.07) is 17.3. The fourth-order valence-corrected chi connectivity index (χ4v) is 4.92. The molecule has 1 saturated carbocycles. The Kier molecular flexibility index (Phi) is 6.45. The average molecular weight is 512 g/mol. The van der Waals surface area contributed by atoms with Crippen molar-refractivity contribution in [2.45, 2.75) is 38.8 Å². The van der Waals surface area contributed by atoms with E-state index >= 15 is 0 Å². The number of amides is 2. The highest BCUT2D eigenvalue weighted by Gasteiger charge is 2.34. The summed E-state index contributed by atoms with van der Waals surface area (Å²) in [7, 11) is 0. The van der Waals surface area contributed by atoms with Crippen LogP contribution in [-0.2, 0) is 13.0 Å². The Morgan fingerprint density at radius 1 is 1.11 bits per heavy atom. The van der Waals surface area contributed by atoms with Crippen LogP contribution in [0.15, 0.2) is 76.0 Å². The number of nitrogens with zero attached hydrogens (tertiary/aromatic N) is 2. The smallest absolute Gasteiger partial charge is 0.290 e. The molecule has 0 radical (unpaired) electrons. The lowest BCUT2D eigenvalue weighted by Crippen LogP contribution is -2.40. The van der Waals surface area contributed by atoms with Crippen LogP contribution in [0, 0.1) is 12.8 Å². The van der Waals surface area contributed by atoms with E-state index in [0.717, 1.165) is 28.7 Å². The van der Waals surface area contributed by atoms with Crippen molar-refractivity contribution < 1.29 is 23.2 Å². The van der Waals surface area contributed by atoms with Crippen LogP contribution in [0.3, 0.4) is 0 Å². The second kappa shape index (κ2) is 10.2. The van der Waals surface area contributed by atoms with Gasteiger partial charge in [0.05, 0.1) is 12.3 Å². The number of fused-ring (bicyclic) bond motifs is 1. The number of nitrogens with one attached hydrogen (secondary N) is 1. The highest BCUT2D eigenvalue weighted by molar-refractivity contribution is 5.92. The lowest BCUT2D eigenvalue weighted by molar-refractivity contribution is 0.0661. The zero-order chi connectivity index (χ0) is 26.1. The van der Waals surface area contributed by atoms with Gasteiger partial charge in [0, 0.05) is 13.1 Å². The van der Waals surface area contributed by atoms with Gasteiger partial charge in [-0.2, -0.15) is 0 Å². The third-order valence-corrected chi connectivity index (χ3v) is 7.09. The molecule has 8 heteroatoms. The first-order valence-electron chi connectivity index (χ1n) is 12.9. The predicted molar refractivity (Wildman–Crippen MR) is 139 cm³/mol. The van der Waals surface area contributed by atoms with Gasteiger partial charge in [0.15, 0.2) is 18.1 Å². The van der Waals surface area contributed by atoms with E-state index in [4.69, 9.17) is 13.6 Å². The van der Waals surface area contributed by atoms with Gasteiger partial charge in [0.1, 0.15) is 12.0 Å². The maximum absolute atomic E-state index is 13.4. The molecule has 0 bridgehead atoms. The van der Waals surface area contributed by atoms with Crippen molar-refractivity contribution in [3.8, 4) is 5.75 Å². The molecule has 6 rings (SSSR count). The first-order chi connectivity index (χ1) is 18.5.